The van der Waals surface area contributed by atoms with Crippen molar-refractivity contribution in [2.45, 2.75) is 45.6 Å². The predicted octanol–water partition coefficient (Wildman–Crippen LogP) is 2.50. The van der Waals surface area contributed by atoms with Crippen molar-refractivity contribution in [1.82, 2.24) is 4.98 Å². The topological polar surface area (TPSA) is 130 Å². The molecule has 3 N–H and O–H groups in total. The summed E-state index contributed by atoms with van der Waals surface area (Å²) in [6.07, 6.45) is 3.93. The smallest absolute Gasteiger partial charge is 0.310 e. The van der Waals surface area contributed by atoms with Crippen molar-refractivity contribution in [3.05, 3.63) is 22.4 Å². The molecule has 0 unspecified atom stereocenters. The number of nitrogens with one attached hydrogen (secondary N) is 1. The van der Waals surface area contributed by atoms with Gasteiger partial charge in [-0.05, 0) is 31.6 Å². The summed E-state index contributed by atoms with van der Waals surface area (Å²) in [7, 11) is 1.56. The minimum Gasteiger partial charge on any atom is -0.475 e. The second kappa shape index (κ2) is 8.98. The zero-order chi connectivity index (χ0) is 20.0. The third-order valence-electron chi connectivity index (χ3n) is 5.43. The molecule has 150 valence electrons. The Labute approximate surface area is 158 Å². The largest absolute Gasteiger partial charge is 0.475 e. The number of amides is 1. The quantitative estimate of drug-likeness (QED) is 0.382. The number of ether oxygens (including phenoxy) is 2. The lowest BCUT2D eigenvalue weighted by Gasteiger charge is -2.41. The van der Waals surface area contributed by atoms with Crippen molar-refractivity contribution in [1.29, 1.82) is 0 Å². The number of anilines is 1. The van der Waals surface area contributed by atoms with Crippen LogP contribution in [0.1, 0.15) is 39.5 Å². The van der Waals surface area contributed by atoms with Crippen molar-refractivity contribution in [2.24, 2.45) is 17.1 Å². The fourth-order valence-corrected chi connectivity index (χ4v) is 3.60. The van der Waals surface area contributed by atoms with E-state index in [9.17, 15) is 14.9 Å². The number of aromatic nitrogens is 1. The van der Waals surface area contributed by atoms with E-state index < -0.39 is 10.3 Å². The number of hydrogen-bond acceptors (Lipinski definition) is 7. The van der Waals surface area contributed by atoms with Gasteiger partial charge in [-0.2, -0.15) is 0 Å². The molecular weight excluding hydrogens is 352 g/mol. The Hall–Kier alpha value is -2.42. The first-order chi connectivity index (χ1) is 12.8. The highest BCUT2D eigenvalue weighted by Gasteiger charge is 2.43. The number of nitrogens with zero attached hydrogens (tertiary/aromatic N) is 2. The van der Waals surface area contributed by atoms with Crippen LogP contribution < -0.4 is 15.8 Å². The number of pyridine rings is 1. The second-order valence-electron chi connectivity index (χ2n) is 7.23. The summed E-state index contributed by atoms with van der Waals surface area (Å²) in [6.45, 7) is 4.72. The fourth-order valence-electron chi connectivity index (χ4n) is 3.60. The molecule has 0 bridgehead atoms. The first-order valence-electron chi connectivity index (χ1n) is 9.12. The number of nitrogens with two attached hydrogens (primary N) is 1. The Kier molecular flexibility index (Phi) is 6.95. The average Bonchev–Trinajstić information content (AvgIpc) is 2.62. The highest BCUT2D eigenvalue weighted by Crippen LogP contribution is 2.43. The van der Waals surface area contributed by atoms with Crippen LogP contribution in [0.5, 0.6) is 5.88 Å². The Balaban J connectivity index is 2.11. The van der Waals surface area contributed by atoms with Crippen LogP contribution in [0.3, 0.4) is 0 Å². The lowest BCUT2D eigenvalue weighted by molar-refractivity contribution is -0.384. The van der Waals surface area contributed by atoms with Gasteiger partial charge in [-0.25, -0.2) is 4.98 Å². The Morgan fingerprint density at radius 3 is 2.63 bits per heavy atom. The van der Waals surface area contributed by atoms with Crippen LogP contribution in [0.15, 0.2) is 12.3 Å². The zero-order valence-corrected chi connectivity index (χ0v) is 16.1. The van der Waals surface area contributed by atoms with Gasteiger partial charge in [0.1, 0.15) is 18.5 Å². The summed E-state index contributed by atoms with van der Waals surface area (Å²) >= 11 is 0. The van der Waals surface area contributed by atoms with Crippen LogP contribution in [0, 0.1) is 21.4 Å². The summed E-state index contributed by atoms with van der Waals surface area (Å²) < 4.78 is 10.4. The molecule has 1 aromatic heterocycles. The van der Waals surface area contributed by atoms with E-state index in [1.807, 2.05) is 13.8 Å². The molecule has 1 aliphatic carbocycles. The van der Waals surface area contributed by atoms with Crippen LogP contribution in [-0.2, 0) is 9.53 Å². The van der Waals surface area contributed by atoms with E-state index in [-0.39, 0.29) is 23.6 Å². The van der Waals surface area contributed by atoms with Crippen molar-refractivity contribution >= 4 is 17.3 Å². The van der Waals surface area contributed by atoms with Crippen molar-refractivity contribution in [2.75, 3.05) is 25.6 Å². The highest BCUT2D eigenvalue weighted by atomic mass is 16.6. The van der Waals surface area contributed by atoms with Crippen LogP contribution in [-0.4, -0.2) is 42.2 Å². The molecular formula is C18H28N4O5. The molecule has 0 spiro atoms. The van der Waals surface area contributed by atoms with Gasteiger partial charge in [0.15, 0.2) is 0 Å². The van der Waals surface area contributed by atoms with Gasteiger partial charge in [0.05, 0.1) is 16.9 Å². The summed E-state index contributed by atoms with van der Waals surface area (Å²) in [5, 5.41) is 14.6. The molecule has 0 aliphatic heterocycles. The Morgan fingerprint density at radius 1 is 1.44 bits per heavy atom. The normalized spacial score (nSPS) is 22.4. The van der Waals surface area contributed by atoms with Crippen LogP contribution in [0.2, 0.25) is 0 Å². The maximum absolute atomic E-state index is 12.0. The molecule has 2 rings (SSSR count). The molecule has 0 atom stereocenters. The van der Waals surface area contributed by atoms with Gasteiger partial charge >= 0.3 is 5.69 Å². The molecule has 1 aliphatic rings. The summed E-state index contributed by atoms with van der Waals surface area (Å²) in [5.41, 5.74) is 5.41. The minimum atomic E-state index is -0.503. The monoisotopic (exact) mass is 380 g/mol. The Morgan fingerprint density at radius 2 is 2.11 bits per heavy atom. The first kappa shape index (κ1) is 20.9. The molecule has 1 aromatic rings. The third kappa shape index (κ3) is 4.85. The van der Waals surface area contributed by atoms with E-state index >= 15 is 0 Å². The molecule has 1 amide bonds. The van der Waals surface area contributed by atoms with E-state index in [0.717, 1.165) is 0 Å². The van der Waals surface area contributed by atoms with Gasteiger partial charge in [0.2, 0.25) is 11.8 Å². The Bertz CT molecular complexity index is 672. The number of hydrogen-bond donors (Lipinski definition) is 2. The number of primary amides is 1. The van der Waals surface area contributed by atoms with E-state index in [1.54, 1.807) is 7.11 Å². The average molecular weight is 380 g/mol. The van der Waals surface area contributed by atoms with E-state index in [2.05, 4.69) is 10.3 Å². The highest BCUT2D eigenvalue weighted by molar-refractivity contribution is 5.81. The number of rotatable bonds is 9. The van der Waals surface area contributed by atoms with Gasteiger partial charge in [0, 0.05) is 19.2 Å². The van der Waals surface area contributed by atoms with Crippen LogP contribution in [0.4, 0.5) is 11.4 Å². The second-order valence-corrected chi connectivity index (χ2v) is 7.23. The molecule has 27 heavy (non-hydrogen) atoms. The molecule has 1 saturated carbocycles. The molecule has 0 aromatic carbocycles. The maximum atomic E-state index is 12.0. The number of methoxy groups -OCH3 is 1. The summed E-state index contributed by atoms with van der Waals surface area (Å²) in [6, 6.07) is 1.55. The van der Waals surface area contributed by atoms with Gasteiger partial charge in [0.25, 0.3) is 0 Å². The molecule has 0 radical (unpaired) electrons. The van der Waals surface area contributed by atoms with Crippen LogP contribution >= 0.6 is 0 Å². The van der Waals surface area contributed by atoms with E-state index in [1.165, 1.54) is 12.3 Å². The number of carbonyl (C=O) groups excluding carboxylic acids is 1. The first-order valence-corrected chi connectivity index (χ1v) is 9.12. The standard InChI is InChI=1S/C18H28N4O5/c1-12(2)18(17(19)23)6-4-13(5-7-18)21-14-10-16(27-9-8-26-3)20-11-15(14)22(24)25/h10-13H,4-9H2,1-3H3,(H2,19,23)(H,20,21). The van der Waals surface area contributed by atoms with Crippen LogP contribution in [0.25, 0.3) is 0 Å². The predicted molar refractivity (Wildman–Crippen MR) is 101 cm³/mol. The zero-order valence-electron chi connectivity index (χ0n) is 16.1. The molecule has 1 fully saturated rings. The molecule has 0 saturated heterocycles. The van der Waals surface area contributed by atoms with E-state index in [0.29, 0.717) is 50.5 Å². The minimum absolute atomic E-state index is 0.0177. The van der Waals surface area contributed by atoms with Crippen molar-refractivity contribution < 1.29 is 19.2 Å². The lowest BCUT2D eigenvalue weighted by atomic mass is 9.65. The third-order valence-corrected chi connectivity index (χ3v) is 5.43. The van der Waals surface area contributed by atoms with Gasteiger partial charge < -0.3 is 20.5 Å². The van der Waals surface area contributed by atoms with Crippen molar-refractivity contribution in [3.63, 3.8) is 0 Å². The maximum Gasteiger partial charge on any atom is 0.310 e. The summed E-state index contributed by atoms with van der Waals surface area (Å²) in [4.78, 5) is 26.8. The number of nitro groups is 1. The molecule has 9 heteroatoms. The summed E-state index contributed by atoms with van der Waals surface area (Å²) in [5.74, 6) is 0.191. The fraction of sp³-hybridized carbons (Fsp3) is 0.667. The van der Waals surface area contributed by atoms with Gasteiger partial charge in [-0.3, -0.25) is 14.9 Å². The van der Waals surface area contributed by atoms with Crippen molar-refractivity contribution in [3.8, 4) is 5.88 Å². The molecule has 9 nitrogen and oxygen atoms in total. The number of carbonyl (C=O) groups is 1. The van der Waals surface area contributed by atoms with E-state index in [4.69, 9.17) is 15.2 Å². The van der Waals surface area contributed by atoms with Gasteiger partial charge in [-0.1, -0.05) is 13.8 Å². The SMILES string of the molecule is COCCOc1cc(NC2CCC(C(N)=O)(C(C)C)CC2)c([N+](=O)[O-])cn1. The van der Waals surface area contributed by atoms with Gasteiger partial charge in [-0.15, -0.1) is 0 Å². The molecule has 1 heterocycles. The lowest BCUT2D eigenvalue weighted by Crippen LogP contribution is -2.46.